The van der Waals surface area contributed by atoms with Crippen molar-refractivity contribution in [3.05, 3.63) is 22.4 Å². The Labute approximate surface area is 111 Å². The van der Waals surface area contributed by atoms with Crippen LogP contribution in [0.25, 0.3) is 0 Å². The van der Waals surface area contributed by atoms with E-state index in [-0.39, 0.29) is 0 Å². The van der Waals surface area contributed by atoms with Crippen LogP contribution in [0.2, 0.25) is 0 Å². The Morgan fingerprint density at radius 1 is 1.29 bits per heavy atom. The summed E-state index contributed by atoms with van der Waals surface area (Å²) < 4.78 is 0. The summed E-state index contributed by atoms with van der Waals surface area (Å²) in [6.07, 6.45) is 6.53. The molecular formula is C15H27NS. The molecule has 1 nitrogen and oxygen atoms in total. The third-order valence-electron chi connectivity index (χ3n) is 3.69. The van der Waals surface area contributed by atoms with Crippen LogP contribution in [-0.2, 0) is 6.42 Å². The quantitative estimate of drug-likeness (QED) is 0.684. The minimum absolute atomic E-state index is 0.469. The van der Waals surface area contributed by atoms with Gasteiger partial charge in [0.2, 0.25) is 0 Å². The number of hydrogen-bond acceptors (Lipinski definition) is 2. The fraction of sp³-hybridized carbons (Fsp3) is 0.733. The summed E-state index contributed by atoms with van der Waals surface area (Å²) >= 11 is 1.90. The Bertz CT molecular complexity index is 271. The summed E-state index contributed by atoms with van der Waals surface area (Å²) in [7, 11) is 0. The van der Waals surface area contributed by atoms with Gasteiger partial charge in [0.25, 0.3) is 0 Å². The van der Waals surface area contributed by atoms with Crippen LogP contribution in [0, 0.1) is 5.41 Å². The lowest BCUT2D eigenvalue weighted by molar-refractivity contribution is 0.232. The molecule has 1 N–H and O–H groups in total. The van der Waals surface area contributed by atoms with Crippen molar-refractivity contribution in [3.8, 4) is 0 Å². The van der Waals surface area contributed by atoms with Crippen molar-refractivity contribution >= 4 is 11.3 Å². The molecule has 1 atom stereocenters. The average molecular weight is 253 g/mol. The number of unbranched alkanes of at least 4 members (excludes halogenated alkanes) is 1. The van der Waals surface area contributed by atoms with Crippen LogP contribution in [0.4, 0.5) is 0 Å². The third kappa shape index (κ3) is 4.81. The molecule has 0 aromatic carbocycles. The van der Waals surface area contributed by atoms with E-state index in [0.29, 0.717) is 5.41 Å². The Hall–Kier alpha value is -0.340. The first-order chi connectivity index (χ1) is 8.26. The van der Waals surface area contributed by atoms with Crippen molar-refractivity contribution in [2.45, 2.75) is 52.9 Å². The average Bonchev–Trinajstić information content (AvgIpc) is 2.85. The van der Waals surface area contributed by atoms with Gasteiger partial charge in [-0.05, 0) is 42.7 Å². The number of hydrogen-bond donors (Lipinski definition) is 1. The van der Waals surface area contributed by atoms with Crippen LogP contribution in [0.5, 0.6) is 0 Å². The summed E-state index contributed by atoms with van der Waals surface area (Å²) in [6, 6.07) is 4.46. The number of rotatable bonds is 9. The van der Waals surface area contributed by atoms with E-state index in [1.165, 1.54) is 32.1 Å². The first kappa shape index (κ1) is 14.7. The highest BCUT2D eigenvalue weighted by Crippen LogP contribution is 2.33. The fourth-order valence-corrected chi connectivity index (χ4v) is 3.27. The highest BCUT2D eigenvalue weighted by molar-refractivity contribution is 7.09. The topological polar surface area (TPSA) is 12.0 Å². The minimum Gasteiger partial charge on any atom is -0.316 e. The standard InChI is InChI=1S/C15H27NS/c1-4-7-10-15(5-2,13-16-6-3)12-14-9-8-11-17-14/h8-9,11,16H,4-7,10,12-13H2,1-3H3. The van der Waals surface area contributed by atoms with Gasteiger partial charge in [0, 0.05) is 11.4 Å². The predicted molar refractivity (Wildman–Crippen MR) is 78.8 cm³/mol. The molecule has 1 aromatic heterocycles. The van der Waals surface area contributed by atoms with Gasteiger partial charge in [-0.2, -0.15) is 0 Å². The lowest BCUT2D eigenvalue weighted by atomic mass is 9.76. The van der Waals surface area contributed by atoms with Crippen LogP contribution in [-0.4, -0.2) is 13.1 Å². The molecule has 0 aliphatic rings. The van der Waals surface area contributed by atoms with Crippen molar-refractivity contribution in [1.82, 2.24) is 5.32 Å². The second-order valence-corrected chi connectivity index (χ2v) is 6.03. The zero-order valence-corrected chi connectivity index (χ0v) is 12.4. The largest absolute Gasteiger partial charge is 0.316 e. The predicted octanol–water partition coefficient (Wildman–Crippen LogP) is 4.49. The van der Waals surface area contributed by atoms with Gasteiger partial charge in [0.1, 0.15) is 0 Å². The summed E-state index contributed by atoms with van der Waals surface area (Å²) in [4.78, 5) is 1.54. The lowest BCUT2D eigenvalue weighted by Crippen LogP contribution is -2.35. The van der Waals surface area contributed by atoms with Crippen LogP contribution < -0.4 is 5.32 Å². The van der Waals surface area contributed by atoms with Gasteiger partial charge in [-0.25, -0.2) is 0 Å². The molecule has 1 aromatic rings. The van der Waals surface area contributed by atoms with Crippen LogP contribution in [0.1, 0.15) is 51.3 Å². The molecule has 1 rings (SSSR count). The van der Waals surface area contributed by atoms with E-state index in [9.17, 15) is 0 Å². The van der Waals surface area contributed by atoms with Crippen LogP contribution >= 0.6 is 11.3 Å². The highest BCUT2D eigenvalue weighted by Gasteiger charge is 2.27. The molecule has 1 heterocycles. The summed E-state index contributed by atoms with van der Waals surface area (Å²) in [5, 5.41) is 5.76. The molecule has 0 saturated carbocycles. The molecule has 98 valence electrons. The summed E-state index contributed by atoms with van der Waals surface area (Å²) in [5.74, 6) is 0. The maximum Gasteiger partial charge on any atom is 0.00512 e. The van der Waals surface area contributed by atoms with Gasteiger partial charge in [0.15, 0.2) is 0 Å². The lowest BCUT2D eigenvalue weighted by Gasteiger charge is -2.33. The third-order valence-corrected chi connectivity index (χ3v) is 4.57. The molecule has 0 radical (unpaired) electrons. The molecule has 0 aliphatic heterocycles. The molecule has 17 heavy (non-hydrogen) atoms. The van der Waals surface area contributed by atoms with E-state index >= 15 is 0 Å². The monoisotopic (exact) mass is 253 g/mol. The first-order valence-corrected chi connectivity index (χ1v) is 7.87. The van der Waals surface area contributed by atoms with Crippen LogP contribution in [0.15, 0.2) is 17.5 Å². The van der Waals surface area contributed by atoms with Crippen molar-refractivity contribution in [1.29, 1.82) is 0 Å². The fourth-order valence-electron chi connectivity index (χ4n) is 2.39. The molecule has 0 spiro atoms. The molecule has 0 saturated heterocycles. The van der Waals surface area contributed by atoms with E-state index in [1.54, 1.807) is 4.88 Å². The molecule has 0 fully saturated rings. The van der Waals surface area contributed by atoms with Gasteiger partial charge in [0.05, 0.1) is 0 Å². The van der Waals surface area contributed by atoms with Crippen molar-refractivity contribution in [3.63, 3.8) is 0 Å². The Kier molecular flexibility index (Phi) is 6.83. The van der Waals surface area contributed by atoms with Gasteiger partial charge in [-0.1, -0.05) is 39.7 Å². The van der Waals surface area contributed by atoms with Gasteiger partial charge in [-0.15, -0.1) is 11.3 Å². The van der Waals surface area contributed by atoms with Crippen molar-refractivity contribution in [2.75, 3.05) is 13.1 Å². The smallest absolute Gasteiger partial charge is 0.00512 e. The van der Waals surface area contributed by atoms with E-state index in [4.69, 9.17) is 0 Å². The highest BCUT2D eigenvalue weighted by atomic mass is 32.1. The van der Waals surface area contributed by atoms with E-state index < -0.39 is 0 Å². The zero-order valence-electron chi connectivity index (χ0n) is 11.6. The Morgan fingerprint density at radius 2 is 2.12 bits per heavy atom. The van der Waals surface area contributed by atoms with Crippen LogP contribution in [0.3, 0.4) is 0 Å². The molecule has 0 aliphatic carbocycles. The van der Waals surface area contributed by atoms with Crippen molar-refractivity contribution < 1.29 is 0 Å². The Morgan fingerprint density at radius 3 is 2.65 bits per heavy atom. The van der Waals surface area contributed by atoms with Gasteiger partial charge < -0.3 is 5.32 Å². The second-order valence-electron chi connectivity index (χ2n) is 4.99. The van der Waals surface area contributed by atoms with E-state index in [1.807, 2.05) is 11.3 Å². The number of thiophene rings is 1. The van der Waals surface area contributed by atoms with Gasteiger partial charge >= 0.3 is 0 Å². The maximum atomic E-state index is 3.57. The molecule has 0 bridgehead atoms. The van der Waals surface area contributed by atoms with Crippen molar-refractivity contribution in [2.24, 2.45) is 5.41 Å². The normalized spacial score (nSPS) is 14.8. The first-order valence-electron chi connectivity index (χ1n) is 6.99. The molecule has 2 heteroatoms. The summed E-state index contributed by atoms with van der Waals surface area (Å²) in [5.41, 5.74) is 0.469. The Balaban J connectivity index is 2.66. The maximum absolute atomic E-state index is 3.57. The zero-order chi connectivity index (χ0) is 12.6. The van der Waals surface area contributed by atoms with Gasteiger partial charge in [-0.3, -0.25) is 0 Å². The molecule has 1 unspecified atom stereocenters. The number of nitrogens with one attached hydrogen (secondary N) is 1. The van der Waals surface area contributed by atoms with E-state index in [0.717, 1.165) is 13.1 Å². The van der Waals surface area contributed by atoms with E-state index in [2.05, 4.69) is 43.6 Å². The SMILES string of the molecule is CCCCC(CC)(CNCC)Cc1cccs1. The molecular weight excluding hydrogens is 226 g/mol. The summed E-state index contributed by atoms with van der Waals surface area (Å²) in [6.45, 7) is 9.08. The second kappa shape index (κ2) is 7.88. The molecule has 0 amide bonds. The minimum atomic E-state index is 0.469.